The van der Waals surface area contributed by atoms with Gasteiger partial charge in [0.15, 0.2) is 0 Å². The zero-order chi connectivity index (χ0) is 21.1. The Hall–Kier alpha value is -2.33. The summed E-state index contributed by atoms with van der Waals surface area (Å²) in [5.41, 5.74) is 4.14. The van der Waals surface area contributed by atoms with Gasteiger partial charge in [-0.15, -0.1) is 0 Å². The van der Waals surface area contributed by atoms with E-state index >= 15 is 0 Å². The number of aromatic nitrogens is 1. The SMILES string of the molecule is CC(C)(C)n1c2ccccc2c2cc3c(cc21)CC[C@H]1[C@@]2(OC2=O)[C@@H](O)CC[C@]31C. The normalized spacial score (nSPS) is 32.9. The topological polar surface area (TPSA) is 54.8 Å². The number of aryl methyl sites for hydroxylation is 1. The van der Waals surface area contributed by atoms with Crippen LogP contribution in [0.4, 0.5) is 0 Å². The molecule has 0 amide bonds. The lowest BCUT2D eigenvalue weighted by Crippen LogP contribution is -2.55. The zero-order valence-corrected chi connectivity index (χ0v) is 18.2. The summed E-state index contributed by atoms with van der Waals surface area (Å²) >= 11 is 0. The van der Waals surface area contributed by atoms with E-state index in [0.29, 0.717) is 6.42 Å². The molecular weight excluding hydrogens is 374 g/mol. The Bertz CT molecular complexity index is 1230. The van der Waals surface area contributed by atoms with Gasteiger partial charge in [0.1, 0.15) is 6.10 Å². The number of aliphatic hydroxyl groups excluding tert-OH is 1. The van der Waals surface area contributed by atoms with Crippen LogP contribution in [-0.4, -0.2) is 27.3 Å². The molecular formula is C26H29NO3. The second-order valence-corrected chi connectivity index (χ2v) is 10.8. The fraction of sp³-hybridized carbons (Fsp3) is 0.500. The summed E-state index contributed by atoms with van der Waals surface area (Å²) in [4.78, 5) is 12.3. The molecule has 4 atom stereocenters. The Morgan fingerprint density at radius 2 is 1.83 bits per heavy atom. The fourth-order valence-corrected chi connectivity index (χ4v) is 6.75. The maximum Gasteiger partial charge on any atom is 0.354 e. The lowest BCUT2D eigenvalue weighted by Gasteiger charge is -2.49. The fourth-order valence-electron chi connectivity index (χ4n) is 6.75. The molecule has 2 heterocycles. The highest BCUT2D eigenvalue weighted by Gasteiger charge is 2.73. The molecule has 2 fully saturated rings. The molecule has 2 aliphatic carbocycles. The predicted molar refractivity (Wildman–Crippen MR) is 118 cm³/mol. The van der Waals surface area contributed by atoms with Crippen molar-refractivity contribution in [1.82, 2.24) is 4.57 Å². The number of hydrogen-bond acceptors (Lipinski definition) is 3. The van der Waals surface area contributed by atoms with Crippen LogP contribution < -0.4 is 0 Å². The Labute approximate surface area is 176 Å². The van der Waals surface area contributed by atoms with Gasteiger partial charge in [-0.3, -0.25) is 0 Å². The Morgan fingerprint density at radius 3 is 2.53 bits per heavy atom. The van der Waals surface area contributed by atoms with Crippen LogP contribution in [0.25, 0.3) is 21.8 Å². The second-order valence-electron chi connectivity index (χ2n) is 10.8. The first kappa shape index (κ1) is 18.4. The monoisotopic (exact) mass is 403 g/mol. The van der Waals surface area contributed by atoms with Crippen molar-refractivity contribution in [3.05, 3.63) is 47.5 Å². The first-order valence-electron chi connectivity index (χ1n) is 11.2. The Kier molecular flexibility index (Phi) is 3.36. The minimum Gasteiger partial charge on any atom is -0.441 e. The second kappa shape index (κ2) is 5.47. The van der Waals surface area contributed by atoms with Crippen LogP contribution >= 0.6 is 0 Å². The molecule has 2 aromatic carbocycles. The number of nitrogens with zero attached hydrogens (tertiary/aromatic N) is 1. The highest BCUT2D eigenvalue weighted by Crippen LogP contribution is 2.60. The van der Waals surface area contributed by atoms with E-state index in [1.165, 1.54) is 32.9 Å². The largest absolute Gasteiger partial charge is 0.441 e. The minimum atomic E-state index is -0.959. The maximum absolute atomic E-state index is 12.3. The summed E-state index contributed by atoms with van der Waals surface area (Å²) < 4.78 is 7.99. The van der Waals surface area contributed by atoms with Crippen molar-refractivity contribution in [3.63, 3.8) is 0 Å². The van der Waals surface area contributed by atoms with E-state index in [9.17, 15) is 9.90 Å². The van der Waals surface area contributed by atoms with Crippen molar-refractivity contribution in [2.24, 2.45) is 5.92 Å². The summed E-state index contributed by atoms with van der Waals surface area (Å²) in [6, 6.07) is 13.4. The van der Waals surface area contributed by atoms with E-state index in [-0.39, 0.29) is 22.8 Å². The predicted octanol–water partition coefficient (Wildman–Crippen LogP) is 4.82. The first-order valence-corrected chi connectivity index (χ1v) is 11.2. The molecule has 1 aromatic heterocycles. The number of carbonyl (C=O) groups excluding carboxylic acids is 1. The zero-order valence-electron chi connectivity index (χ0n) is 18.2. The van der Waals surface area contributed by atoms with Gasteiger partial charge < -0.3 is 14.4 Å². The number of epoxide rings is 1. The number of aliphatic hydroxyl groups is 1. The molecule has 3 aromatic rings. The number of rotatable bonds is 0. The molecule has 0 unspecified atom stereocenters. The standard InChI is InChI=1S/C26H29NO3/c1-24(2,3)27-19-8-6-5-7-16(19)17-14-18-15(13-20(17)27)9-10-21-25(18,4)12-11-22(28)26(21)23(29)30-26/h5-8,13-14,21-22,28H,9-12H2,1-4H3/t21-,22+,25-,26-/m1/s1. The summed E-state index contributed by atoms with van der Waals surface area (Å²) in [5, 5.41) is 13.2. The van der Waals surface area contributed by atoms with Gasteiger partial charge in [-0.05, 0) is 75.8 Å². The lowest BCUT2D eigenvalue weighted by atomic mass is 9.54. The number of fused-ring (bicyclic) bond motifs is 7. The highest BCUT2D eigenvalue weighted by molar-refractivity contribution is 6.09. The molecule has 0 bridgehead atoms. The van der Waals surface area contributed by atoms with Gasteiger partial charge in [-0.25, -0.2) is 4.79 Å². The first-order chi connectivity index (χ1) is 14.2. The van der Waals surface area contributed by atoms with Crippen LogP contribution in [-0.2, 0) is 26.9 Å². The van der Waals surface area contributed by atoms with E-state index in [4.69, 9.17) is 4.74 Å². The van der Waals surface area contributed by atoms with Crippen molar-refractivity contribution < 1.29 is 14.6 Å². The maximum atomic E-state index is 12.3. The lowest BCUT2D eigenvalue weighted by molar-refractivity contribution is -0.118. The van der Waals surface area contributed by atoms with Crippen LogP contribution in [0.3, 0.4) is 0 Å². The van der Waals surface area contributed by atoms with Crippen molar-refractivity contribution in [2.75, 3.05) is 0 Å². The average Bonchev–Trinajstić information content (AvgIpc) is 3.23. The summed E-state index contributed by atoms with van der Waals surface area (Å²) in [6.45, 7) is 9.07. The molecule has 4 nitrogen and oxygen atoms in total. The molecule has 6 rings (SSSR count). The quantitative estimate of drug-likeness (QED) is 0.548. The molecule has 1 saturated carbocycles. The summed E-state index contributed by atoms with van der Waals surface area (Å²) in [5.74, 6) is -0.165. The Morgan fingerprint density at radius 1 is 1.10 bits per heavy atom. The van der Waals surface area contributed by atoms with Crippen LogP contribution in [0, 0.1) is 5.92 Å². The molecule has 1 spiro atoms. The van der Waals surface area contributed by atoms with E-state index < -0.39 is 11.7 Å². The Balaban J connectivity index is 1.63. The highest BCUT2D eigenvalue weighted by atomic mass is 16.7. The van der Waals surface area contributed by atoms with Crippen LogP contribution in [0.15, 0.2) is 36.4 Å². The van der Waals surface area contributed by atoms with Gasteiger partial charge in [-0.1, -0.05) is 25.1 Å². The summed E-state index contributed by atoms with van der Waals surface area (Å²) in [7, 11) is 0. The molecule has 30 heavy (non-hydrogen) atoms. The van der Waals surface area contributed by atoms with Crippen LogP contribution in [0.1, 0.15) is 58.1 Å². The van der Waals surface area contributed by atoms with Crippen LogP contribution in [0.5, 0.6) is 0 Å². The smallest absolute Gasteiger partial charge is 0.354 e. The van der Waals surface area contributed by atoms with Crippen molar-refractivity contribution in [1.29, 1.82) is 0 Å². The number of ether oxygens (including phenoxy) is 1. The third-order valence-corrected chi connectivity index (χ3v) is 8.14. The van der Waals surface area contributed by atoms with Crippen LogP contribution in [0.2, 0.25) is 0 Å². The van der Waals surface area contributed by atoms with Crippen molar-refractivity contribution in [3.8, 4) is 0 Å². The molecule has 1 aliphatic heterocycles. The third-order valence-electron chi connectivity index (χ3n) is 8.14. The van der Waals surface area contributed by atoms with Gasteiger partial charge >= 0.3 is 5.97 Å². The van der Waals surface area contributed by atoms with Crippen molar-refractivity contribution >= 4 is 27.8 Å². The molecule has 1 saturated heterocycles. The van der Waals surface area contributed by atoms with E-state index in [2.05, 4.69) is 68.7 Å². The van der Waals surface area contributed by atoms with Gasteiger partial charge in [-0.2, -0.15) is 0 Å². The number of benzene rings is 2. The van der Waals surface area contributed by atoms with E-state index in [0.717, 1.165) is 19.3 Å². The van der Waals surface area contributed by atoms with E-state index in [1.54, 1.807) is 0 Å². The molecule has 1 N–H and O–H groups in total. The average molecular weight is 404 g/mol. The molecule has 0 radical (unpaired) electrons. The number of hydrogen-bond donors (Lipinski definition) is 1. The minimum absolute atomic E-state index is 0.0238. The third kappa shape index (κ3) is 2.08. The molecule has 3 aliphatic rings. The van der Waals surface area contributed by atoms with Gasteiger partial charge in [0.25, 0.3) is 0 Å². The van der Waals surface area contributed by atoms with Gasteiger partial charge in [0.2, 0.25) is 5.60 Å². The molecule has 156 valence electrons. The van der Waals surface area contributed by atoms with Gasteiger partial charge in [0, 0.05) is 38.7 Å². The van der Waals surface area contributed by atoms with Crippen molar-refractivity contribution in [2.45, 2.75) is 76.0 Å². The van der Waals surface area contributed by atoms with E-state index in [1.807, 2.05) is 0 Å². The number of carbonyl (C=O) groups is 1. The number of para-hydroxylation sites is 1. The summed E-state index contributed by atoms with van der Waals surface area (Å²) in [6.07, 6.45) is 2.62. The van der Waals surface area contributed by atoms with Gasteiger partial charge in [0.05, 0.1) is 0 Å². The molecule has 4 heteroatoms.